The molecule has 2 rings (SSSR count). The molecule has 0 aliphatic heterocycles. The lowest BCUT2D eigenvalue weighted by molar-refractivity contribution is -0.141. The Balaban J connectivity index is 2.68. The summed E-state index contributed by atoms with van der Waals surface area (Å²) in [7, 11) is 1.43. The Hall–Kier alpha value is -1.37. The smallest absolute Gasteiger partial charge is 0.433 e. The van der Waals surface area contributed by atoms with Gasteiger partial charge in [-0.05, 0) is 28.1 Å². The average Bonchev–Trinajstić information content (AvgIpc) is 2.27. The third kappa shape index (κ3) is 2.33. The molecule has 0 spiro atoms. The fraction of sp³-hybridized carbons (Fsp3) is 0.200. The van der Waals surface area contributed by atoms with Gasteiger partial charge in [-0.15, -0.1) is 0 Å². The maximum atomic E-state index is 12.5. The second-order valence-electron chi connectivity index (χ2n) is 3.21. The summed E-state index contributed by atoms with van der Waals surface area (Å²) in [5.74, 6) is 0.319. The molecule has 2 heterocycles. The standard InChI is InChI=1S/C10H6BrF3N2O/c1-17-8-3-2-6-9(16-8)5(11)4-7(15-6)10(12,13)14/h2-4H,1H3. The van der Waals surface area contributed by atoms with Gasteiger partial charge in [-0.3, -0.25) is 0 Å². The topological polar surface area (TPSA) is 35.0 Å². The van der Waals surface area contributed by atoms with Crippen LogP contribution in [0.1, 0.15) is 5.69 Å². The fourth-order valence-electron chi connectivity index (χ4n) is 1.31. The van der Waals surface area contributed by atoms with Gasteiger partial charge in [0, 0.05) is 10.5 Å². The average molecular weight is 307 g/mol. The van der Waals surface area contributed by atoms with E-state index < -0.39 is 11.9 Å². The van der Waals surface area contributed by atoms with Gasteiger partial charge in [-0.2, -0.15) is 13.2 Å². The molecule has 0 fully saturated rings. The van der Waals surface area contributed by atoms with Crippen LogP contribution in [0.3, 0.4) is 0 Å². The van der Waals surface area contributed by atoms with Crippen LogP contribution < -0.4 is 4.74 Å². The summed E-state index contributed by atoms with van der Waals surface area (Å²) in [6, 6.07) is 3.79. The van der Waals surface area contributed by atoms with Crippen molar-refractivity contribution < 1.29 is 17.9 Å². The first-order valence-corrected chi connectivity index (χ1v) is 5.29. The van der Waals surface area contributed by atoms with E-state index in [2.05, 4.69) is 25.9 Å². The normalized spacial score (nSPS) is 11.8. The Labute approximate surface area is 103 Å². The highest BCUT2D eigenvalue weighted by atomic mass is 79.9. The molecule has 7 heteroatoms. The first kappa shape index (κ1) is 12.1. The molecule has 0 aliphatic rings. The predicted molar refractivity (Wildman–Crippen MR) is 58.8 cm³/mol. The van der Waals surface area contributed by atoms with Crippen LogP contribution in [0.15, 0.2) is 22.7 Å². The van der Waals surface area contributed by atoms with Gasteiger partial charge < -0.3 is 4.74 Å². The van der Waals surface area contributed by atoms with Crippen molar-refractivity contribution >= 4 is 27.0 Å². The van der Waals surface area contributed by atoms with E-state index in [9.17, 15) is 13.2 Å². The maximum absolute atomic E-state index is 12.5. The van der Waals surface area contributed by atoms with E-state index in [1.165, 1.54) is 19.2 Å². The molecular formula is C10H6BrF3N2O. The van der Waals surface area contributed by atoms with Gasteiger partial charge in [0.1, 0.15) is 11.2 Å². The lowest BCUT2D eigenvalue weighted by atomic mass is 10.2. The fourth-order valence-corrected chi connectivity index (χ4v) is 1.82. The van der Waals surface area contributed by atoms with Crippen LogP contribution in [0.5, 0.6) is 5.88 Å². The lowest BCUT2D eigenvalue weighted by Gasteiger charge is -2.08. The number of ether oxygens (including phenoxy) is 1. The summed E-state index contributed by atoms with van der Waals surface area (Å²) in [6.45, 7) is 0. The van der Waals surface area contributed by atoms with E-state index in [0.717, 1.165) is 6.07 Å². The van der Waals surface area contributed by atoms with Gasteiger partial charge in [0.15, 0.2) is 0 Å². The molecular weight excluding hydrogens is 301 g/mol. The van der Waals surface area contributed by atoms with Crippen LogP contribution in [0.2, 0.25) is 0 Å². The summed E-state index contributed by atoms with van der Waals surface area (Å²) >= 11 is 3.05. The molecule has 0 N–H and O–H groups in total. The zero-order chi connectivity index (χ0) is 12.6. The monoisotopic (exact) mass is 306 g/mol. The highest BCUT2D eigenvalue weighted by Crippen LogP contribution is 2.32. The van der Waals surface area contributed by atoms with E-state index in [1.807, 2.05) is 0 Å². The number of hydrogen-bond acceptors (Lipinski definition) is 3. The molecule has 90 valence electrons. The summed E-state index contributed by atoms with van der Waals surface area (Å²) in [4.78, 5) is 7.53. The maximum Gasteiger partial charge on any atom is 0.433 e. The van der Waals surface area contributed by atoms with E-state index >= 15 is 0 Å². The second kappa shape index (κ2) is 4.14. The minimum Gasteiger partial charge on any atom is -0.481 e. The third-order valence-corrected chi connectivity index (χ3v) is 2.68. The van der Waals surface area contributed by atoms with Crippen molar-refractivity contribution in [2.75, 3.05) is 7.11 Å². The largest absolute Gasteiger partial charge is 0.481 e. The van der Waals surface area contributed by atoms with Crippen molar-refractivity contribution in [1.82, 2.24) is 9.97 Å². The molecule has 0 saturated carbocycles. The quantitative estimate of drug-likeness (QED) is 0.810. The Kier molecular flexibility index (Phi) is 2.94. The van der Waals surface area contributed by atoms with Crippen molar-refractivity contribution in [3.05, 3.63) is 28.4 Å². The minimum atomic E-state index is -4.48. The van der Waals surface area contributed by atoms with Crippen LogP contribution in [-0.4, -0.2) is 17.1 Å². The number of nitrogens with zero attached hydrogens (tertiary/aromatic N) is 2. The number of halogens is 4. The number of aromatic nitrogens is 2. The molecule has 0 aliphatic carbocycles. The van der Waals surface area contributed by atoms with Gasteiger partial charge >= 0.3 is 6.18 Å². The predicted octanol–water partition coefficient (Wildman–Crippen LogP) is 3.42. The van der Waals surface area contributed by atoms with Crippen molar-refractivity contribution in [3.8, 4) is 5.88 Å². The molecule has 2 aromatic heterocycles. The molecule has 0 amide bonds. The zero-order valence-corrected chi connectivity index (χ0v) is 10.1. The summed E-state index contributed by atoms with van der Waals surface area (Å²) < 4.78 is 42.7. The van der Waals surface area contributed by atoms with Gasteiger partial charge in [0.05, 0.1) is 12.6 Å². The summed E-state index contributed by atoms with van der Waals surface area (Å²) in [5, 5.41) is 0. The highest BCUT2D eigenvalue weighted by Gasteiger charge is 2.33. The van der Waals surface area contributed by atoms with Crippen molar-refractivity contribution in [2.24, 2.45) is 0 Å². The Morgan fingerprint density at radius 2 is 1.94 bits per heavy atom. The van der Waals surface area contributed by atoms with Crippen LogP contribution in [-0.2, 0) is 6.18 Å². The molecule has 0 saturated heterocycles. The molecule has 17 heavy (non-hydrogen) atoms. The summed E-state index contributed by atoms with van der Waals surface area (Å²) in [5.41, 5.74) is -0.464. The first-order valence-electron chi connectivity index (χ1n) is 4.50. The van der Waals surface area contributed by atoms with Gasteiger partial charge in [-0.25, -0.2) is 9.97 Å². The number of hydrogen-bond donors (Lipinski definition) is 0. The number of fused-ring (bicyclic) bond motifs is 1. The van der Waals surface area contributed by atoms with E-state index in [-0.39, 0.29) is 9.99 Å². The molecule has 0 bridgehead atoms. The zero-order valence-electron chi connectivity index (χ0n) is 8.55. The van der Waals surface area contributed by atoms with Crippen molar-refractivity contribution in [3.63, 3.8) is 0 Å². The number of pyridine rings is 2. The lowest BCUT2D eigenvalue weighted by Crippen LogP contribution is -2.08. The van der Waals surface area contributed by atoms with E-state index in [4.69, 9.17) is 4.74 Å². The molecule has 2 aromatic rings. The molecule has 3 nitrogen and oxygen atoms in total. The SMILES string of the molecule is COc1ccc2nc(C(F)(F)F)cc(Br)c2n1. The van der Waals surface area contributed by atoms with Crippen LogP contribution in [0, 0.1) is 0 Å². The second-order valence-corrected chi connectivity index (χ2v) is 4.06. The minimum absolute atomic E-state index is 0.160. The van der Waals surface area contributed by atoms with E-state index in [0.29, 0.717) is 11.4 Å². The van der Waals surface area contributed by atoms with Gasteiger partial charge in [0.25, 0.3) is 0 Å². The van der Waals surface area contributed by atoms with Crippen molar-refractivity contribution in [2.45, 2.75) is 6.18 Å². The van der Waals surface area contributed by atoms with Gasteiger partial charge in [0.2, 0.25) is 5.88 Å². The Morgan fingerprint density at radius 1 is 1.24 bits per heavy atom. The molecule has 0 unspecified atom stereocenters. The number of alkyl halides is 3. The molecule has 0 radical (unpaired) electrons. The number of rotatable bonds is 1. The summed E-state index contributed by atoms with van der Waals surface area (Å²) in [6.07, 6.45) is -4.48. The highest BCUT2D eigenvalue weighted by molar-refractivity contribution is 9.10. The third-order valence-electron chi connectivity index (χ3n) is 2.08. The molecule has 0 atom stereocenters. The Morgan fingerprint density at radius 3 is 2.53 bits per heavy atom. The van der Waals surface area contributed by atoms with Crippen LogP contribution in [0.4, 0.5) is 13.2 Å². The van der Waals surface area contributed by atoms with E-state index in [1.54, 1.807) is 0 Å². The Bertz CT molecular complexity index is 571. The first-order chi connectivity index (χ1) is 7.91. The van der Waals surface area contributed by atoms with Crippen LogP contribution >= 0.6 is 15.9 Å². The van der Waals surface area contributed by atoms with Crippen LogP contribution in [0.25, 0.3) is 11.0 Å². The van der Waals surface area contributed by atoms with Crippen molar-refractivity contribution in [1.29, 1.82) is 0 Å². The number of methoxy groups -OCH3 is 1. The molecule has 0 aromatic carbocycles. The van der Waals surface area contributed by atoms with Gasteiger partial charge in [-0.1, -0.05) is 0 Å².